The number of carbonyl (C=O) groups excluding carboxylic acids is 1. The fraction of sp³-hybridized carbons (Fsp3) is 0.263. The molecule has 0 bridgehead atoms. The van der Waals surface area contributed by atoms with Gasteiger partial charge < -0.3 is 14.7 Å². The molecule has 0 fully saturated rings. The lowest BCUT2D eigenvalue weighted by atomic mass is 10.0. The second-order valence-electron chi connectivity index (χ2n) is 5.58. The van der Waals surface area contributed by atoms with Crippen molar-refractivity contribution < 1.29 is 19.4 Å². The summed E-state index contributed by atoms with van der Waals surface area (Å²) in [4.78, 5) is 25.0. The molecule has 0 aromatic heterocycles. The summed E-state index contributed by atoms with van der Waals surface area (Å²) in [6, 6.07) is 13.8. The molecule has 0 saturated carbocycles. The second kappa shape index (κ2) is 9.08. The van der Waals surface area contributed by atoms with E-state index >= 15 is 0 Å². The smallest absolute Gasteiger partial charge is 0.335 e. The normalized spacial score (nSPS) is 10.3. The molecule has 0 heterocycles. The third-order valence-electron chi connectivity index (χ3n) is 3.77. The van der Waals surface area contributed by atoms with Crippen LogP contribution in [0.3, 0.4) is 0 Å². The molecule has 5 nitrogen and oxygen atoms in total. The molecule has 0 spiro atoms. The summed E-state index contributed by atoms with van der Waals surface area (Å²) >= 11 is 5.88. The number of benzene rings is 2. The van der Waals surface area contributed by atoms with Gasteiger partial charge in [-0.2, -0.15) is 0 Å². The number of halogens is 1. The largest absolute Gasteiger partial charge is 0.492 e. The van der Waals surface area contributed by atoms with Crippen LogP contribution in [0.15, 0.2) is 48.5 Å². The highest BCUT2D eigenvalue weighted by atomic mass is 35.5. The number of amides is 1. The van der Waals surface area contributed by atoms with Gasteiger partial charge in [0.15, 0.2) is 0 Å². The number of hydrogen-bond donors (Lipinski definition) is 1. The summed E-state index contributed by atoms with van der Waals surface area (Å²) in [5.74, 6) is -0.384. The number of likely N-dealkylation sites (N-methyl/N-ethyl adjacent to an activating group) is 1. The number of carbonyl (C=O) groups is 2. The summed E-state index contributed by atoms with van der Waals surface area (Å²) in [7, 11) is 1.70. The van der Waals surface area contributed by atoms with Gasteiger partial charge in [-0.1, -0.05) is 35.9 Å². The molecule has 6 heteroatoms. The van der Waals surface area contributed by atoms with Gasteiger partial charge >= 0.3 is 5.97 Å². The molecule has 0 aliphatic rings. The van der Waals surface area contributed by atoms with E-state index in [9.17, 15) is 9.59 Å². The Labute approximate surface area is 151 Å². The van der Waals surface area contributed by atoms with E-state index in [0.717, 1.165) is 0 Å². The SMILES string of the molecule is CN(CCOc1cccc(Cl)c1)C(=O)CCc1ccccc1C(=O)O. The molecule has 2 aromatic carbocycles. The summed E-state index contributed by atoms with van der Waals surface area (Å²) < 4.78 is 5.56. The van der Waals surface area contributed by atoms with Crippen LogP contribution in [-0.4, -0.2) is 42.1 Å². The van der Waals surface area contributed by atoms with E-state index in [-0.39, 0.29) is 17.9 Å². The monoisotopic (exact) mass is 361 g/mol. The van der Waals surface area contributed by atoms with Crippen molar-refractivity contribution >= 4 is 23.5 Å². The minimum Gasteiger partial charge on any atom is -0.492 e. The quantitative estimate of drug-likeness (QED) is 0.781. The van der Waals surface area contributed by atoms with Crippen molar-refractivity contribution in [1.82, 2.24) is 4.90 Å². The van der Waals surface area contributed by atoms with E-state index in [1.165, 1.54) is 0 Å². The van der Waals surface area contributed by atoms with Crippen LogP contribution in [-0.2, 0) is 11.2 Å². The lowest BCUT2D eigenvalue weighted by Crippen LogP contribution is -2.31. The summed E-state index contributed by atoms with van der Waals surface area (Å²) in [6.45, 7) is 0.792. The first-order valence-corrected chi connectivity index (χ1v) is 8.28. The molecule has 1 amide bonds. The van der Waals surface area contributed by atoms with Crippen LogP contribution in [0.25, 0.3) is 0 Å². The van der Waals surface area contributed by atoms with E-state index in [1.807, 2.05) is 0 Å². The van der Waals surface area contributed by atoms with Crippen LogP contribution < -0.4 is 4.74 Å². The topological polar surface area (TPSA) is 66.8 Å². The van der Waals surface area contributed by atoms with Crippen molar-refractivity contribution in [3.63, 3.8) is 0 Å². The Morgan fingerprint density at radius 2 is 1.92 bits per heavy atom. The van der Waals surface area contributed by atoms with Crippen molar-refractivity contribution in [3.05, 3.63) is 64.7 Å². The molecule has 0 saturated heterocycles. The number of rotatable bonds is 8. The highest BCUT2D eigenvalue weighted by Crippen LogP contribution is 2.17. The molecule has 0 radical (unpaired) electrons. The number of ether oxygens (including phenoxy) is 1. The van der Waals surface area contributed by atoms with Crippen LogP contribution >= 0.6 is 11.6 Å². The van der Waals surface area contributed by atoms with Gasteiger partial charge in [-0.25, -0.2) is 4.79 Å². The van der Waals surface area contributed by atoms with E-state index in [2.05, 4.69) is 0 Å². The van der Waals surface area contributed by atoms with E-state index in [1.54, 1.807) is 60.5 Å². The van der Waals surface area contributed by atoms with Gasteiger partial charge in [0.1, 0.15) is 12.4 Å². The minimum absolute atomic E-state index is 0.0603. The standard InChI is InChI=1S/C19H20ClNO4/c1-21(11-12-25-16-7-4-6-15(20)13-16)18(22)10-9-14-5-2-3-8-17(14)19(23)24/h2-8,13H,9-12H2,1H3,(H,23,24). The van der Waals surface area contributed by atoms with Gasteiger partial charge in [0.2, 0.25) is 5.91 Å². The number of aromatic carboxylic acids is 1. The van der Waals surface area contributed by atoms with Crippen LogP contribution in [0.4, 0.5) is 0 Å². The number of hydrogen-bond acceptors (Lipinski definition) is 3. The Bertz CT molecular complexity index is 748. The molecule has 2 rings (SSSR count). The molecular weight excluding hydrogens is 342 g/mol. The zero-order valence-corrected chi connectivity index (χ0v) is 14.7. The lowest BCUT2D eigenvalue weighted by Gasteiger charge is -2.18. The predicted octanol–water partition coefficient (Wildman–Crippen LogP) is 3.51. The zero-order valence-electron chi connectivity index (χ0n) is 13.9. The number of carboxylic acid groups (broad SMARTS) is 1. The van der Waals surface area contributed by atoms with Crippen molar-refractivity contribution in [2.45, 2.75) is 12.8 Å². The highest BCUT2D eigenvalue weighted by molar-refractivity contribution is 6.30. The summed E-state index contributed by atoms with van der Waals surface area (Å²) in [5, 5.41) is 9.76. The Kier molecular flexibility index (Phi) is 6.83. The Morgan fingerprint density at radius 1 is 1.16 bits per heavy atom. The third kappa shape index (κ3) is 5.80. The first-order valence-electron chi connectivity index (χ1n) is 7.91. The average molecular weight is 362 g/mol. The Balaban J connectivity index is 1.80. The summed E-state index contributed by atoms with van der Waals surface area (Å²) in [6.07, 6.45) is 0.638. The van der Waals surface area contributed by atoms with Crippen molar-refractivity contribution in [3.8, 4) is 5.75 Å². The minimum atomic E-state index is -0.980. The van der Waals surface area contributed by atoms with Crippen molar-refractivity contribution in [1.29, 1.82) is 0 Å². The van der Waals surface area contributed by atoms with E-state index in [0.29, 0.717) is 35.9 Å². The maximum atomic E-state index is 12.2. The molecule has 0 aliphatic heterocycles. The fourth-order valence-corrected chi connectivity index (χ4v) is 2.54. The lowest BCUT2D eigenvalue weighted by molar-refractivity contribution is -0.130. The van der Waals surface area contributed by atoms with Gasteiger partial charge in [-0.3, -0.25) is 4.79 Å². The van der Waals surface area contributed by atoms with Crippen LogP contribution in [0.1, 0.15) is 22.3 Å². The fourth-order valence-electron chi connectivity index (χ4n) is 2.36. The van der Waals surface area contributed by atoms with Crippen molar-refractivity contribution in [2.75, 3.05) is 20.2 Å². The van der Waals surface area contributed by atoms with Crippen LogP contribution in [0, 0.1) is 0 Å². The van der Waals surface area contributed by atoms with Crippen LogP contribution in [0.2, 0.25) is 5.02 Å². The van der Waals surface area contributed by atoms with Gasteiger partial charge in [0, 0.05) is 18.5 Å². The molecule has 1 N–H and O–H groups in total. The van der Waals surface area contributed by atoms with E-state index in [4.69, 9.17) is 21.4 Å². The van der Waals surface area contributed by atoms with Gasteiger partial charge in [-0.05, 0) is 36.2 Å². The maximum Gasteiger partial charge on any atom is 0.335 e. The van der Waals surface area contributed by atoms with Gasteiger partial charge in [0.05, 0.1) is 12.1 Å². The molecule has 0 aliphatic carbocycles. The Hall–Kier alpha value is -2.53. The zero-order chi connectivity index (χ0) is 18.2. The van der Waals surface area contributed by atoms with Gasteiger partial charge in [0.25, 0.3) is 0 Å². The summed E-state index contributed by atoms with van der Waals surface area (Å²) in [5.41, 5.74) is 0.897. The molecule has 132 valence electrons. The Morgan fingerprint density at radius 3 is 2.64 bits per heavy atom. The van der Waals surface area contributed by atoms with Crippen molar-refractivity contribution in [2.24, 2.45) is 0 Å². The van der Waals surface area contributed by atoms with E-state index < -0.39 is 5.97 Å². The predicted molar refractivity (Wildman–Crippen MR) is 96.3 cm³/mol. The molecule has 2 aromatic rings. The second-order valence-corrected chi connectivity index (χ2v) is 6.02. The first-order chi connectivity index (χ1) is 12.0. The number of nitrogens with zero attached hydrogens (tertiary/aromatic N) is 1. The average Bonchev–Trinajstić information content (AvgIpc) is 2.59. The van der Waals surface area contributed by atoms with Crippen LogP contribution in [0.5, 0.6) is 5.75 Å². The third-order valence-corrected chi connectivity index (χ3v) is 4.01. The maximum absolute atomic E-state index is 12.2. The number of carboxylic acids is 1. The highest BCUT2D eigenvalue weighted by Gasteiger charge is 2.13. The first kappa shape index (κ1) is 18.8. The molecule has 25 heavy (non-hydrogen) atoms. The molecule has 0 unspecified atom stereocenters. The molecular formula is C19H20ClNO4. The van der Waals surface area contributed by atoms with Gasteiger partial charge in [-0.15, -0.1) is 0 Å². The molecule has 0 atom stereocenters. The number of aryl methyl sites for hydroxylation is 1.